The van der Waals surface area contributed by atoms with E-state index in [2.05, 4.69) is 9.72 Å². The number of nitrogens with two attached hydrogens (primary N) is 1. The lowest BCUT2D eigenvalue weighted by atomic mass is 10.1. The Morgan fingerprint density at radius 2 is 1.97 bits per heavy atom. The second kappa shape index (κ2) is 11.9. The fraction of sp³-hybridized carbons (Fsp3) is 0.444. The molecule has 0 saturated heterocycles. The Morgan fingerprint density at radius 1 is 1.23 bits per heavy atom. The molecule has 210 valence electrons. The van der Waals surface area contributed by atoms with Crippen LogP contribution in [0.2, 0.25) is 0 Å². The van der Waals surface area contributed by atoms with E-state index in [-0.39, 0.29) is 40.4 Å². The number of rotatable bonds is 11. The Hall–Kier alpha value is -3.93. The molecule has 4 rings (SSSR count). The van der Waals surface area contributed by atoms with Gasteiger partial charge in [-0.25, -0.2) is 9.78 Å². The zero-order valence-electron chi connectivity index (χ0n) is 22.2. The van der Waals surface area contributed by atoms with Crippen LogP contribution in [-0.2, 0) is 9.53 Å². The summed E-state index contributed by atoms with van der Waals surface area (Å²) in [6, 6.07) is 8.37. The largest absolute Gasteiger partial charge is 0.489 e. The number of ether oxygens (including phenoxy) is 4. The third kappa shape index (κ3) is 6.56. The first-order valence-corrected chi connectivity index (χ1v) is 12.6. The van der Waals surface area contributed by atoms with Gasteiger partial charge in [0.25, 0.3) is 5.91 Å². The van der Waals surface area contributed by atoms with Crippen molar-refractivity contribution in [2.75, 3.05) is 27.2 Å². The number of amides is 1. The first-order chi connectivity index (χ1) is 18.6. The molecule has 0 unspecified atom stereocenters. The van der Waals surface area contributed by atoms with Crippen molar-refractivity contribution in [1.29, 1.82) is 0 Å². The van der Waals surface area contributed by atoms with Gasteiger partial charge < -0.3 is 34.5 Å². The van der Waals surface area contributed by atoms with E-state index in [4.69, 9.17) is 19.9 Å². The Balaban J connectivity index is 1.56. The second-order valence-electron chi connectivity index (χ2n) is 9.49. The fourth-order valence-corrected chi connectivity index (χ4v) is 3.96. The van der Waals surface area contributed by atoms with E-state index in [1.807, 2.05) is 6.92 Å². The Labute approximate surface area is 225 Å². The van der Waals surface area contributed by atoms with Gasteiger partial charge in [0, 0.05) is 32.3 Å². The molecular formula is C27H32F2N4O6. The summed E-state index contributed by atoms with van der Waals surface area (Å²) in [6.45, 7) is 1.34. The topological polar surface area (TPSA) is 116 Å². The molecule has 12 heteroatoms. The van der Waals surface area contributed by atoms with Crippen LogP contribution in [0.4, 0.5) is 8.78 Å². The molecule has 1 saturated carbocycles. The van der Waals surface area contributed by atoms with Crippen molar-refractivity contribution in [2.24, 2.45) is 11.7 Å². The molecule has 1 amide bonds. The smallest absolute Gasteiger partial charge is 0.387 e. The molecule has 0 spiro atoms. The molecule has 1 aromatic heterocycles. The quantitative estimate of drug-likeness (QED) is 0.421. The van der Waals surface area contributed by atoms with E-state index >= 15 is 0 Å². The maximum atomic E-state index is 13.3. The summed E-state index contributed by atoms with van der Waals surface area (Å²) in [5.41, 5.74) is 6.84. The second-order valence-corrected chi connectivity index (χ2v) is 9.49. The number of alkyl halides is 2. The molecule has 1 aromatic carbocycles. The lowest BCUT2D eigenvalue weighted by molar-refractivity contribution is -0.132. The zero-order valence-corrected chi connectivity index (χ0v) is 22.2. The summed E-state index contributed by atoms with van der Waals surface area (Å²) >= 11 is 0. The third-order valence-electron chi connectivity index (χ3n) is 6.38. The molecule has 2 atom stereocenters. The highest BCUT2D eigenvalue weighted by molar-refractivity contribution is 5.93. The maximum absolute atomic E-state index is 13.3. The van der Waals surface area contributed by atoms with Gasteiger partial charge in [-0.15, -0.1) is 0 Å². The summed E-state index contributed by atoms with van der Waals surface area (Å²) < 4.78 is 47.9. The van der Waals surface area contributed by atoms with Gasteiger partial charge in [0.1, 0.15) is 11.5 Å². The van der Waals surface area contributed by atoms with Gasteiger partial charge in [-0.05, 0) is 56.9 Å². The van der Waals surface area contributed by atoms with Crippen LogP contribution in [0.1, 0.15) is 49.0 Å². The predicted molar refractivity (Wildman–Crippen MR) is 136 cm³/mol. The van der Waals surface area contributed by atoms with Crippen LogP contribution in [0.15, 0.2) is 47.9 Å². The normalized spacial score (nSPS) is 17.6. The molecule has 0 radical (unpaired) electrons. The van der Waals surface area contributed by atoms with Crippen LogP contribution in [0.5, 0.6) is 17.4 Å². The van der Waals surface area contributed by atoms with E-state index in [9.17, 15) is 18.4 Å². The maximum Gasteiger partial charge on any atom is 0.387 e. The Kier molecular flexibility index (Phi) is 8.54. The van der Waals surface area contributed by atoms with Gasteiger partial charge in [-0.3, -0.25) is 4.79 Å². The third-order valence-corrected chi connectivity index (χ3v) is 6.38. The summed E-state index contributed by atoms with van der Waals surface area (Å²) in [5.74, 6) is -0.535. The highest BCUT2D eigenvalue weighted by Crippen LogP contribution is 2.41. The van der Waals surface area contributed by atoms with E-state index in [0.29, 0.717) is 24.6 Å². The van der Waals surface area contributed by atoms with E-state index in [0.717, 1.165) is 12.8 Å². The lowest BCUT2D eigenvalue weighted by Gasteiger charge is -2.24. The molecule has 1 fully saturated rings. The highest BCUT2D eigenvalue weighted by Gasteiger charge is 2.39. The number of hydrogen-bond acceptors (Lipinski definition) is 9. The van der Waals surface area contributed by atoms with Crippen molar-refractivity contribution in [3.05, 3.63) is 59.1 Å². The Morgan fingerprint density at radius 3 is 2.62 bits per heavy atom. The van der Waals surface area contributed by atoms with Crippen LogP contribution in [0.3, 0.4) is 0 Å². The van der Waals surface area contributed by atoms with Gasteiger partial charge in [0.05, 0.1) is 12.6 Å². The number of pyridine rings is 1. The molecule has 1 aliphatic heterocycles. The molecule has 0 bridgehead atoms. The van der Waals surface area contributed by atoms with E-state index in [1.54, 1.807) is 39.2 Å². The molecule has 2 N–H and O–H groups in total. The van der Waals surface area contributed by atoms with Gasteiger partial charge in [-0.1, -0.05) is 6.07 Å². The Bertz CT molecular complexity index is 1250. The number of likely N-dealkylation sites (N-methyl/N-ethyl adjacent to an activating group) is 1. The van der Waals surface area contributed by atoms with Crippen LogP contribution >= 0.6 is 0 Å². The number of halogens is 2. The van der Waals surface area contributed by atoms with Gasteiger partial charge in [0.2, 0.25) is 5.88 Å². The van der Waals surface area contributed by atoms with Gasteiger partial charge >= 0.3 is 12.6 Å². The number of benzene rings is 1. The van der Waals surface area contributed by atoms with Crippen LogP contribution in [0, 0.1) is 5.92 Å². The number of aromatic nitrogens is 1. The molecule has 1 aliphatic carbocycles. The standard InChI is InChI=1S/C27H32F2N4O6/c1-5-32(3)24(34)18-7-6-8-21(31-18)38-26(35)22-23(15(2)30)39-25(33(22)4)17-11-12-19(37-27(28)29)20(13-17)36-14-16-9-10-16/h6-8,11-13,15-16,25,27H,5,9-10,14,30H2,1-4H3/t15-,25-/m0/s1. The van der Waals surface area contributed by atoms with Gasteiger partial charge in [0.15, 0.2) is 23.4 Å². The number of esters is 1. The molecule has 10 nitrogen and oxygen atoms in total. The van der Waals surface area contributed by atoms with Crippen molar-refractivity contribution >= 4 is 11.9 Å². The highest BCUT2D eigenvalue weighted by atomic mass is 19.3. The minimum atomic E-state index is -3.01. The summed E-state index contributed by atoms with van der Waals surface area (Å²) in [6.07, 6.45) is 1.22. The summed E-state index contributed by atoms with van der Waals surface area (Å²) in [5, 5.41) is 0. The average molecular weight is 547 g/mol. The monoisotopic (exact) mass is 546 g/mol. The number of hydrogen-bond donors (Lipinski definition) is 1. The van der Waals surface area contributed by atoms with Crippen LogP contribution < -0.4 is 19.9 Å². The molecular weight excluding hydrogens is 514 g/mol. The number of carbonyl (C=O) groups is 2. The van der Waals surface area contributed by atoms with Crippen molar-refractivity contribution in [3.8, 4) is 17.4 Å². The molecule has 2 aromatic rings. The van der Waals surface area contributed by atoms with Crippen molar-refractivity contribution in [3.63, 3.8) is 0 Å². The van der Waals surface area contributed by atoms with E-state index in [1.165, 1.54) is 28.0 Å². The van der Waals surface area contributed by atoms with Crippen molar-refractivity contribution in [2.45, 2.75) is 45.6 Å². The van der Waals surface area contributed by atoms with Crippen molar-refractivity contribution in [1.82, 2.24) is 14.8 Å². The average Bonchev–Trinajstić information content (AvgIpc) is 3.67. The van der Waals surface area contributed by atoms with Crippen molar-refractivity contribution < 1.29 is 37.3 Å². The van der Waals surface area contributed by atoms with Crippen LogP contribution in [-0.4, -0.2) is 66.6 Å². The lowest BCUT2D eigenvalue weighted by Crippen LogP contribution is -2.29. The zero-order chi connectivity index (χ0) is 28.3. The van der Waals surface area contributed by atoms with Gasteiger partial charge in [-0.2, -0.15) is 8.78 Å². The minimum Gasteiger partial charge on any atom is -0.489 e. The number of carbonyl (C=O) groups excluding carboxylic acids is 2. The number of nitrogens with zero attached hydrogens (tertiary/aromatic N) is 3. The SMILES string of the molecule is CCN(C)C(=O)c1cccc(OC(=O)C2=C([C@H](C)N)O[C@@H](c3ccc(OC(F)F)c(OCC4CC4)c3)N2C)n1. The molecule has 2 heterocycles. The summed E-state index contributed by atoms with van der Waals surface area (Å²) in [4.78, 5) is 33.0. The molecule has 2 aliphatic rings. The molecule has 39 heavy (non-hydrogen) atoms. The van der Waals surface area contributed by atoms with E-state index < -0.39 is 24.9 Å². The first kappa shape index (κ1) is 28.1. The predicted octanol–water partition coefficient (Wildman–Crippen LogP) is 3.69. The minimum absolute atomic E-state index is 0.0620. The van der Waals surface area contributed by atoms with Crippen LogP contribution in [0.25, 0.3) is 0 Å². The fourth-order valence-electron chi connectivity index (χ4n) is 3.96. The summed E-state index contributed by atoms with van der Waals surface area (Å²) in [7, 11) is 3.26. The first-order valence-electron chi connectivity index (χ1n) is 12.6.